The molecule has 0 aliphatic heterocycles. The molecule has 0 radical (unpaired) electrons. The fraction of sp³-hybridized carbons (Fsp3) is 0.0625. The lowest BCUT2D eigenvalue weighted by atomic mass is 10.2. The van der Waals surface area contributed by atoms with Gasteiger partial charge < -0.3 is 5.32 Å². The van der Waals surface area contributed by atoms with Crippen molar-refractivity contribution in [3.8, 4) is 0 Å². The molecule has 1 N–H and O–H groups in total. The number of nitrogens with one attached hydrogen (secondary N) is 1. The van der Waals surface area contributed by atoms with Gasteiger partial charge in [0.15, 0.2) is 11.6 Å². The van der Waals surface area contributed by atoms with Crippen LogP contribution in [0.25, 0.3) is 10.1 Å². The third-order valence-electron chi connectivity index (χ3n) is 3.27. The number of carbonyl (C=O) groups excluding carboxylic acids is 1. The van der Waals surface area contributed by atoms with E-state index in [-0.39, 0.29) is 22.0 Å². The standard InChI is InChI=1S/C16H9ClF3NOS/c17-13-10-5-4-9(18)6-12(10)23-15(13)16(22)21-7-8-2-1-3-11(19)14(8)20/h1-6H,7H2,(H,21,22). The topological polar surface area (TPSA) is 29.1 Å². The van der Waals surface area contributed by atoms with Crippen molar-refractivity contribution in [3.05, 3.63) is 69.3 Å². The summed E-state index contributed by atoms with van der Waals surface area (Å²) in [4.78, 5) is 12.4. The van der Waals surface area contributed by atoms with Gasteiger partial charge in [0.25, 0.3) is 5.91 Å². The molecule has 3 rings (SSSR count). The highest BCUT2D eigenvalue weighted by Gasteiger charge is 2.18. The summed E-state index contributed by atoms with van der Waals surface area (Å²) in [7, 11) is 0. The van der Waals surface area contributed by atoms with Gasteiger partial charge in [-0.3, -0.25) is 4.79 Å². The van der Waals surface area contributed by atoms with Crippen LogP contribution in [0.1, 0.15) is 15.2 Å². The Hall–Kier alpha value is -2.05. The Morgan fingerprint density at radius 1 is 1.17 bits per heavy atom. The van der Waals surface area contributed by atoms with Crippen LogP contribution in [0.15, 0.2) is 36.4 Å². The van der Waals surface area contributed by atoms with Gasteiger partial charge in [-0.1, -0.05) is 23.7 Å². The fourth-order valence-corrected chi connectivity index (χ4v) is 3.58. The largest absolute Gasteiger partial charge is 0.347 e. The molecule has 23 heavy (non-hydrogen) atoms. The number of benzene rings is 2. The maximum absolute atomic E-state index is 13.6. The molecule has 1 aromatic heterocycles. The van der Waals surface area contributed by atoms with Gasteiger partial charge in [-0.2, -0.15) is 0 Å². The zero-order chi connectivity index (χ0) is 16.6. The first-order chi connectivity index (χ1) is 11.0. The SMILES string of the molecule is O=C(NCc1cccc(F)c1F)c1sc2cc(F)ccc2c1Cl. The highest BCUT2D eigenvalue weighted by Crippen LogP contribution is 2.35. The van der Waals surface area contributed by atoms with Gasteiger partial charge in [-0.25, -0.2) is 13.2 Å². The number of halogens is 4. The zero-order valence-corrected chi connectivity index (χ0v) is 13.1. The molecule has 0 fully saturated rings. The molecule has 118 valence electrons. The molecule has 0 bridgehead atoms. The Balaban J connectivity index is 1.83. The first-order valence-electron chi connectivity index (χ1n) is 6.56. The number of fused-ring (bicyclic) bond motifs is 1. The van der Waals surface area contributed by atoms with E-state index in [1.165, 1.54) is 30.3 Å². The molecule has 0 spiro atoms. The predicted octanol–water partition coefficient (Wildman–Crippen LogP) is 4.90. The second-order valence-electron chi connectivity index (χ2n) is 4.78. The van der Waals surface area contributed by atoms with Crippen molar-refractivity contribution in [3.63, 3.8) is 0 Å². The number of hydrogen-bond acceptors (Lipinski definition) is 2. The van der Waals surface area contributed by atoms with E-state index in [4.69, 9.17) is 11.6 Å². The van der Waals surface area contributed by atoms with E-state index in [0.717, 1.165) is 17.4 Å². The third-order valence-corrected chi connectivity index (χ3v) is 4.92. The number of hydrogen-bond donors (Lipinski definition) is 1. The Kier molecular flexibility index (Phi) is 4.28. The van der Waals surface area contributed by atoms with Crippen LogP contribution >= 0.6 is 22.9 Å². The van der Waals surface area contributed by atoms with Crippen LogP contribution < -0.4 is 5.32 Å². The van der Waals surface area contributed by atoms with Crippen LogP contribution in [0, 0.1) is 17.5 Å². The van der Waals surface area contributed by atoms with E-state index in [0.29, 0.717) is 10.1 Å². The summed E-state index contributed by atoms with van der Waals surface area (Å²) in [6.45, 7) is -0.179. The van der Waals surface area contributed by atoms with Gasteiger partial charge in [-0.15, -0.1) is 11.3 Å². The summed E-state index contributed by atoms with van der Waals surface area (Å²) in [5, 5.41) is 3.27. The highest BCUT2D eigenvalue weighted by molar-refractivity contribution is 7.21. The minimum atomic E-state index is -1.00. The average molecular weight is 356 g/mol. The number of amides is 1. The molecule has 3 aromatic rings. The molecule has 0 aliphatic carbocycles. The van der Waals surface area contributed by atoms with Crippen molar-refractivity contribution < 1.29 is 18.0 Å². The quantitative estimate of drug-likeness (QED) is 0.711. The molecule has 0 unspecified atom stereocenters. The predicted molar refractivity (Wildman–Crippen MR) is 84.3 cm³/mol. The molecule has 2 nitrogen and oxygen atoms in total. The van der Waals surface area contributed by atoms with E-state index in [2.05, 4.69) is 5.32 Å². The summed E-state index contributed by atoms with van der Waals surface area (Å²) in [5.41, 5.74) is 0.0293. The normalized spacial score (nSPS) is 11.0. The number of rotatable bonds is 3. The fourth-order valence-electron chi connectivity index (χ4n) is 2.13. The monoisotopic (exact) mass is 355 g/mol. The van der Waals surface area contributed by atoms with Gasteiger partial charge in [-0.05, 0) is 24.3 Å². The number of thiophene rings is 1. The van der Waals surface area contributed by atoms with Crippen molar-refractivity contribution in [2.45, 2.75) is 6.54 Å². The van der Waals surface area contributed by atoms with E-state index >= 15 is 0 Å². The van der Waals surface area contributed by atoms with Crippen molar-refractivity contribution in [2.24, 2.45) is 0 Å². The van der Waals surface area contributed by atoms with Gasteiger partial charge in [0.1, 0.15) is 10.7 Å². The molecule has 1 amide bonds. The molecular formula is C16H9ClF3NOS. The van der Waals surface area contributed by atoms with Crippen LogP contribution in [0.3, 0.4) is 0 Å². The molecule has 0 saturated carbocycles. The van der Waals surface area contributed by atoms with E-state index in [1.54, 1.807) is 0 Å². The lowest BCUT2D eigenvalue weighted by Gasteiger charge is -2.06. The van der Waals surface area contributed by atoms with Crippen LogP contribution in [0.4, 0.5) is 13.2 Å². The second kappa shape index (κ2) is 6.22. The first kappa shape index (κ1) is 15.8. The Morgan fingerprint density at radius 3 is 2.74 bits per heavy atom. The van der Waals surface area contributed by atoms with Gasteiger partial charge in [0.2, 0.25) is 0 Å². The van der Waals surface area contributed by atoms with Crippen LogP contribution in [-0.4, -0.2) is 5.91 Å². The maximum Gasteiger partial charge on any atom is 0.263 e. The van der Waals surface area contributed by atoms with E-state index < -0.39 is 23.4 Å². The summed E-state index contributed by atoms with van der Waals surface area (Å²) >= 11 is 7.17. The molecule has 2 aromatic carbocycles. The summed E-state index contributed by atoms with van der Waals surface area (Å²) in [6.07, 6.45) is 0. The van der Waals surface area contributed by atoms with Gasteiger partial charge in [0.05, 0.1) is 5.02 Å². The number of carbonyl (C=O) groups is 1. The minimum Gasteiger partial charge on any atom is -0.347 e. The molecule has 0 aliphatic rings. The van der Waals surface area contributed by atoms with E-state index in [9.17, 15) is 18.0 Å². The maximum atomic E-state index is 13.6. The van der Waals surface area contributed by atoms with Crippen molar-refractivity contribution in [1.29, 1.82) is 0 Å². The lowest BCUT2D eigenvalue weighted by molar-refractivity contribution is 0.0954. The Morgan fingerprint density at radius 2 is 1.96 bits per heavy atom. The Bertz CT molecular complexity index is 910. The van der Waals surface area contributed by atoms with Crippen LogP contribution in [-0.2, 0) is 6.54 Å². The van der Waals surface area contributed by atoms with Crippen LogP contribution in [0.5, 0.6) is 0 Å². The summed E-state index contributed by atoms with van der Waals surface area (Å²) in [5.74, 6) is -2.94. The smallest absolute Gasteiger partial charge is 0.263 e. The third kappa shape index (κ3) is 3.04. The highest BCUT2D eigenvalue weighted by atomic mass is 35.5. The summed E-state index contributed by atoms with van der Waals surface area (Å²) < 4.78 is 40.4. The summed E-state index contributed by atoms with van der Waals surface area (Å²) in [6, 6.07) is 7.76. The van der Waals surface area contributed by atoms with Gasteiger partial charge in [0, 0.05) is 22.2 Å². The molecule has 0 saturated heterocycles. The minimum absolute atomic E-state index is 0.0293. The Labute approximate surface area is 138 Å². The molecular weight excluding hydrogens is 347 g/mol. The average Bonchev–Trinajstić information content (AvgIpc) is 2.85. The zero-order valence-electron chi connectivity index (χ0n) is 11.5. The molecule has 7 heteroatoms. The van der Waals surface area contributed by atoms with Crippen LogP contribution in [0.2, 0.25) is 5.02 Å². The molecule has 0 atom stereocenters. The van der Waals surface area contributed by atoms with E-state index in [1.807, 2.05) is 0 Å². The van der Waals surface area contributed by atoms with Crippen molar-refractivity contribution >= 4 is 38.9 Å². The first-order valence-corrected chi connectivity index (χ1v) is 7.75. The van der Waals surface area contributed by atoms with Crippen molar-refractivity contribution in [1.82, 2.24) is 5.32 Å². The lowest BCUT2D eigenvalue weighted by Crippen LogP contribution is -2.22. The van der Waals surface area contributed by atoms with Crippen molar-refractivity contribution in [2.75, 3.05) is 0 Å². The van der Waals surface area contributed by atoms with Gasteiger partial charge >= 0.3 is 0 Å². The second-order valence-corrected chi connectivity index (χ2v) is 6.21. The molecule has 1 heterocycles.